The normalized spacial score (nSPS) is 17.6. The van der Waals surface area contributed by atoms with Crippen molar-refractivity contribution in [1.82, 2.24) is 10.6 Å². The lowest BCUT2D eigenvalue weighted by atomic mass is 10.0. The van der Waals surface area contributed by atoms with Crippen LogP contribution >= 0.6 is 12.4 Å². The number of amides is 1. The van der Waals surface area contributed by atoms with Crippen molar-refractivity contribution in [2.45, 2.75) is 26.0 Å². The molecule has 4 nitrogen and oxygen atoms in total. The standard InChI is InChI=1S/C15H22N2O2.ClH/c1-19-11-14-4-2-3-12(7-14)10-17-15(18)8-13-5-6-16-9-13;/h2-4,7,13,16H,5-6,8-11H2,1H3,(H,17,18);1H. The Morgan fingerprint density at radius 3 is 2.95 bits per heavy atom. The van der Waals surface area contributed by atoms with Crippen molar-refractivity contribution < 1.29 is 9.53 Å². The Morgan fingerprint density at radius 1 is 1.45 bits per heavy atom. The molecule has 0 bridgehead atoms. The zero-order valence-electron chi connectivity index (χ0n) is 11.9. The Hall–Kier alpha value is -1.10. The van der Waals surface area contributed by atoms with Crippen LogP contribution in [0.4, 0.5) is 0 Å². The number of carbonyl (C=O) groups excluding carboxylic acids is 1. The van der Waals surface area contributed by atoms with E-state index in [1.54, 1.807) is 7.11 Å². The molecular weight excluding hydrogens is 276 g/mol. The molecule has 2 rings (SSSR count). The first-order valence-corrected chi connectivity index (χ1v) is 6.82. The smallest absolute Gasteiger partial charge is 0.220 e. The van der Waals surface area contributed by atoms with Gasteiger partial charge >= 0.3 is 0 Å². The zero-order chi connectivity index (χ0) is 13.5. The molecule has 1 saturated heterocycles. The SMILES string of the molecule is COCc1cccc(CNC(=O)CC2CCNC2)c1.Cl. The number of halogens is 1. The maximum absolute atomic E-state index is 11.8. The Balaban J connectivity index is 0.00000200. The van der Waals surface area contributed by atoms with E-state index in [1.165, 1.54) is 0 Å². The molecule has 1 heterocycles. The maximum Gasteiger partial charge on any atom is 0.220 e. The van der Waals surface area contributed by atoms with Crippen LogP contribution in [0.5, 0.6) is 0 Å². The average Bonchev–Trinajstić information content (AvgIpc) is 2.90. The molecule has 112 valence electrons. The Kier molecular flexibility index (Phi) is 7.59. The van der Waals surface area contributed by atoms with Crippen LogP contribution in [0.2, 0.25) is 0 Å². The van der Waals surface area contributed by atoms with Gasteiger partial charge in [-0.3, -0.25) is 4.79 Å². The van der Waals surface area contributed by atoms with Gasteiger partial charge in [-0.2, -0.15) is 0 Å². The van der Waals surface area contributed by atoms with Crippen molar-refractivity contribution >= 4 is 18.3 Å². The molecule has 0 aromatic heterocycles. The van der Waals surface area contributed by atoms with Crippen LogP contribution in [-0.2, 0) is 22.7 Å². The lowest BCUT2D eigenvalue weighted by Crippen LogP contribution is -2.25. The van der Waals surface area contributed by atoms with E-state index in [4.69, 9.17) is 4.74 Å². The molecule has 1 fully saturated rings. The van der Waals surface area contributed by atoms with E-state index in [0.29, 0.717) is 25.5 Å². The van der Waals surface area contributed by atoms with Crippen LogP contribution in [0, 0.1) is 5.92 Å². The summed E-state index contributed by atoms with van der Waals surface area (Å²) in [6, 6.07) is 8.12. The van der Waals surface area contributed by atoms with Crippen molar-refractivity contribution in [3.8, 4) is 0 Å². The third-order valence-electron chi connectivity index (χ3n) is 3.43. The molecule has 1 amide bonds. The van der Waals surface area contributed by atoms with Crippen molar-refractivity contribution in [3.63, 3.8) is 0 Å². The third kappa shape index (κ3) is 5.49. The fraction of sp³-hybridized carbons (Fsp3) is 0.533. The molecule has 1 aromatic rings. The minimum atomic E-state index is 0. The van der Waals surface area contributed by atoms with Gasteiger partial charge in [0.25, 0.3) is 0 Å². The van der Waals surface area contributed by atoms with E-state index in [9.17, 15) is 4.79 Å². The van der Waals surface area contributed by atoms with E-state index in [1.807, 2.05) is 18.2 Å². The summed E-state index contributed by atoms with van der Waals surface area (Å²) in [7, 11) is 1.68. The molecule has 0 spiro atoms. The first kappa shape index (κ1) is 17.0. The van der Waals surface area contributed by atoms with Crippen LogP contribution in [-0.4, -0.2) is 26.1 Å². The molecule has 2 N–H and O–H groups in total. The van der Waals surface area contributed by atoms with Gasteiger partial charge in [0.1, 0.15) is 0 Å². The summed E-state index contributed by atoms with van der Waals surface area (Å²) in [4.78, 5) is 11.8. The summed E-state index contributed by atoms with van der Waals surface area (Å²) in [6.45, 7) is 3.21. The number of hydrogen-bond donors (Lipinski definition) is 2. The lowest BCUT2D eigenvalue weighted by molar-refractivity contribution is -0.122. The summed E-state index contributed by atoms with van der Waals surface area (Å²) < 4.78 is 5.10. The molecule has 20 heavy (non-hydrogen) atoms. The summed E-state index contributed by atoms with van der Waals surface area (Å²) in [5.41, 5.74) is 2.25. The Bertz CT molecular complexity index is 420. The number of methoxy groups -OCH3 is 1. The molecule has 5 heteroatoms. The highest BCUT2D eigenvalue weighted by molar-refractivity contribution is 5.85. The average molecular weight is 299 g/mol. The second-order valence-corrected chi connectivity index (χ2v) is 5.09. The second-order valence-electron chi connectivity index (χ2n) is 5.09. The highest BCUT2D eigenvalue weighted by atomic mass is 35.5. The Labute approximate surface area is 126 Å². The molecule has 0 radical (unpaired) electrons. The van der Waals surface area contributed by atoms with Gasteiger partial charge in [0, 0.05) is 20.1 Å². The number of rotatable bonds is 6. The van der Waals surface area contributed by atoms with Crippen LogP contribution in [0.1, 0.15) is 24.0 Å². The predicted molar refractivity (Wildman–Crippen MR) is 81.8 cm³/mol. The number of benzene rings is 1. The highest BCUT2D eigenvalue weighted by Gasteiger charge is 2.17. The van der Waals surface area contributed by atoms with E-state index >= 15 is 0 Å². The van der Waals surface area contributed by atoms with Crippen LogP contribution in [0.15, 0.2) is 24.3 Å². The van der Waals surface area contributed by atoms with Gasteiger partial charge in [-0.1, -0.05) is 24.3 Å². The first-order valence-electron chi connectivity index (χ1n) is 6.82. The summed E-state index contributed by atoms with van der Waals surface area (Å²) >= 11 is 0. The first-order chi connectivity index (χ1) is 9.28. The number of carbonyl (C=O) groups is 1. The number of nitrogens with one attached hydrogen (secondary N) is 2. The minimum Gasteiger partial charge on any atom is -0.380 e. The van der Waals surface area contributed by atoms with Gasteiger partial charge in [0.2, 0.25) is 5.91 Å². The van der Waals surface area contributed by atoms with Gasteiger partial charge in [-0.15, -0.1) is 12.4 Å². The minimum absolute atomic E-state index is 0. The van der Waals surface area contributed by atoms with Crippen LogP contribution in [0.25, 0.3) is 0 Å². The summed E-state index contributed by atoms with van der Waals surface area (Å²) in [5.74, 6) is 0.644. The van der Waals surface area contributed by atoms with Crippen LogP contribution in [0.3, 0.4) is 0 Å². The molecule has 0 saturated carbocycles. The van der Waals surface area contributed by atoms with Crippen molar-refractivity contribution in [3.05, 3.63) is 35.4 Å². The van der Waals surface area contributed by atoms with Gasteiger partial charge < -0.3 is 15.4 Å². The van der Waals surface area contributed by atoms with E-state index in [2.05, 4.69) is 16.7 Å². The van der Waals surface area contributed by atoms with Crippen molar-refractivity contribution in [2.24, 2.45) is 5.92 Å². The second kappa shape index (κ2) is 8.95. The van der Waals surface area contributed by atoms with Gasteiger partial charge in [-0.05, 0) is 36.6 Å². The monoisotopic (exact) mass is 298 g/mol. The summed E-state index contributed by atoms with van der Waals surface area (Å²) in [6.07, 6.45) is 1.74. The lowest BCUT2D eigenvalue weighted by Gasteiger charge is -2.10. The maximum atomic E-state index is 11.8. The molecule has 0 aliphatic carbocycles. The zero-order valence-corrected chi connectivity index (χ0v) is 12.7. The summed E-state index contributed by atoms with van der Waals surface area (Å²) in [5, 5.41) is 6.27. The fourth-order valence-corrected chi connectivity index (χ4v) is 2.42. The van der Waals surface area contributed by atoms with Gasteiger partial charge in [0.05, 0.1) is 6.61 Å². The molecule has 1 aromatic carbocycles. The van der Waals surface area contributed by atoms with E-state index in [-0.39, 0.29) is 18.3 Å². The quantitative estimate of drug-likeness (QED) is 0.843. The molecule has 1 aliphatic heterocycles. The Morgan fingerprint density at radius 2 is 2.25 bits per heavy atom. The van der Waals surface area contributed by atoms with Crippen LogP contribution < -0.4 is 10.6 Å². The molecule has 1 atom stereocenters. The molecule has 1 aliphatic rings. The van der Waals surface area contributed by atoms with E-state index < -0.39 is 0 Å². The van der Waals surface area contributed by atoms with Gasteiger partial charge in [0.15, 0.2) is 0 Å². The fourth-order valence-electron chi connectivity index (χ4n) is 2.42. The van der Waals surface area contributed by atoms with Crippen molar-refractivity contribution in [2.75, 3.05) is 20.2 Å². The third-order valence-corrected chi connectivity index (χ3v) is 3.43. The highest BCUT2D eigenvalue weighted by Crippen LogP contribution is 2.12. The number of ether oxygens (including phenoxy) is 1. The largest absolute Gasteiger partial charge is 0.380 e. The van der Waals surface area contributed by atoms with Gasteiger partial charge in [-0.25, -0.2) is 0 Å². The predicted octanol–water partition coefficient (Wildman–Crippen LogP) is 1.87. The topological polar surface area (TPSA) is 50.4 Å². The molecular formula is C15H23ClN2O2. The van der Waals surface area contributed by atoms with E-state index in [0.717, 1.165) is 30.6 Å². The van der Waals surface area contributed by atoms with Crippen molar-refractivity contribution in [1.29, 1.82) is 0 Å². The number of hydrogen-bond acceptors (Lipinski definition) is 3. The molecule has 1 unspecified atom stereocenters.